The molecule has 0 aliphatic rings. The van der Waals surface area contributed by atoms with Gasteiger partial charge in [0.1, 0.15) is 19.3 Å². The zero-order chi connectivity index (χ0) is 79.2. The number of phosphoric acid groups is 2. The Bertz CT molecular complexity index is 2060. The third-order valence-corrected chi connectivity index (χ3v) is 22.9. The highest BCUT2D eigenvalue weighted by molar-refractivity contribution is 7.47. The molecule has 2 unspecified atom stereocenters. The van der Waals surface area contributed by atoms with Crippen molar-refractivity contribution in [1.29, 1.82) is 0 Å². The number of carbonyl (C=O) groups excluding carboxylic acids is 4. The van der Waals surface area contributed by atoms with Crippen LogP contribution in [0.4, 0.5) is 0 Å². The largest absolute Gasteiger partial charge is 0.472 e. The molecule has 0 amide bonds. The predicted octanol–water partition coefficient (Wildman–Crippen LogP) is 27.4. The molecule has 19 heteroatoms. The Morgan fingerprint density at radius 2 is 0.426 bits per heavy atom. The Labute approximate surface area is 664 Å². The Balaban J connectivity index is 5.26. The van der Waals surface area contributed by atoms with Crippen LogP contribution < -0.4 is 0 Å². The topological polar surface area (TPSA) is 237 Å². The Morgan fingerprint density at radius 1 is 0.250 bits per heavy atom. The van der Waals surface area contributed by atoms with Crippen LogP contribution in [0.15, 0.2) is 0 Å². The first kappa shape index (κ1) is 106. The quantitative estimate of drug-likeness (QED) is 0.0222. The Hall–Kier alpha value is -1.94. The third kappa shape index (κ3) is 82.1. The van der Waals surface area contributed by atoms with Gasteiger partial charge < -0.3 is 33.8 Å². The molecule has 17 nitrogen and oxygen atoms in total. The van der Waals surface area contributed by atoms with Gasteiger partial charge in [0, 0.05) is 25.7 Å². The molecule has 108 heavy (non-hydrogen) atoms. The van der Waals surface area contributed by atoms with E-state index in [2.05, 4.69) is 41.5 Å². The molecule has 0 fully saturated rings. The van der Waals surface area contributed by atoms with Crippen LogP contribution >= 0.6 is 15.6 Å². The highest BCUT2D eigenvalue weighted by Crippen LogP contribution is 2.45. The molecule has 3 N–H and O–H groups in total. The average molecular weight is 1580 g/mol. The lowest BCUT2D eigenvalue weighted by molar-refractivity contribution is -0.161. The summed E-state index contributed by atoms with van der Waals surface area (Å²) < 4.78 is 69.0. The second-order valence-corrected chi connectivity index (χ2v) is 35.8. The number of phosphoric ester groups is 2. The number of hydrogen-bond acceptors (Lipinski definition) is 15. The van der Waals surface area contributed by atoms with E-state index in [0.29, 0.717) is 25.7 Å². The fraction of sp³-hybridized carbons (Fsp3) is 0.955. The van der Waals surface area contributed by atoms with Crippen molar-refractivity contribution in [1.82, 2.24) is 0 Å². The third-order valence-electron chi connectivity index (χ3n) is 21.0. The first-order valence-corrected chi connectivity index (χ1v) is 49.0. The van der Waals surface area contributed by atoms with Gasteiger partial charge in [0.25, 0.3) is 0 Å². The number of aliphatic hydroxyl groups excluding tert-OH is 1. The second-order valence-electron chi connectivity index (χ2n) is 32.9. The summed E-state index contributed by atoms with van der Waals surface area (Å²) >= 11 is 0. The van der Waals surface area contributed by atoms with E-state index in [0.717, 1.165) is 102 Å². The van der Waals surface area contributed by atoms with Crippen molar-refractivity contribution in [3.05, 3.63) is 0 Å². The van der Waals surface area contributed by atoms with E-state index in [4.69, 9.17) is 37.0 Å². The number of aliphatic hydroxyl groups is 1. The molecule has 0 aromatic carbocycles. The molecule has 0 radical (unpaired) electrons. The summed E-state index contributed by atoms with van der Waals surface area (Å²) in [6.07, 6.45) is 73.5. The summed E-state index contributed by atoms with van der Waals surface area (Å²) in [4.78, 5) is 73.4. The van der Waals surface area contributed by atoms with E-state index < -0.39 is 97.5 Å². The average Bonchev–Trinajstić information content (AvgIpc) is 0.904. The number of unbranched alkanes of at least 4 members (excludes halogenated alkanes) is 58. The minimum atomic E-state index is -4.97. The van der Waals surface area contributed by atoms with E-state index in [1.54, 1.807) is 0 Å². The lowest BCUT2D eigenvalue weighted by Gasteiger charge is -2.21. The van der Waals surface area contributed by atoms with Crippen LogP contribution in [0.5, 0.6) is 0 Å². The molecular formula is C89H174O17P2. The van der Waals surface area contributed by atoms with Crippen molar-refractivity contribution in [3.8, 4) is 0 Å². The minimum absolute atomic E-state index is 0.108. The summed E-state index contributed by atoms with van der Waals surface area (Å²) in [6.45, 7) is 9.75. The molecule has 5 atom stereocenters. The van der Waals surface area contributed by atoms with Crippen molar-refractivity contribution in [2.75, 3.05) is 39.6 Å². The van der Waals surface area contributed by atoms with Crippen molar-refractivity contribution in [3.63, 3.8) is 0 Å². The highest BCUT2D eigenvalue weighted by atomic mass is 31.2. The monoisotopic (exact) mass is 1580 g/mol. The molecule has 0 rings (SSSR count). The normalized spacial score (nSPS) is 13.8. The van der Waals surface area contributed by atoms with E-state index >= 15 is 0 Å². The van der Waals surface area contributed by atoms with Gasteiger partial charge in [-0.15, -0.1) is 0 Å². The first-order valence-electron chi connectivity index (χ1n) is 46.0. The smallest absolute Gasteiger partial charge is 0.462 e. The van der Waals surface area contributed by atoms with Gasteiger partial charge in [-0.3, -0.25) is 37.3 Å². The summed E-state index contributed by atoms with van der Waals surface area (Å²) in [6, 6.07) is 0. The SMILES string of the molecule is CCCCCCCCCCCCCCCCCCCCCC(=O)OC[C@H](COP(=O)(O)OC[C@@H](O)COP(=O)(O)OC[C@@H](COC(=O)CCCCCCCCCCCCCCC)OC(=O)CCCCCCCCCCCCCCCCC(C)C)OC(=O)CCCCCCCCCCCCCCCCCCC(C)C. The first-order chi connectivity index (χ1) is 52.4. The molecule has 642 valence electrons. The van der Waals surface area contributed by atoms with E-state index in [1.165, 1.54) is 295 Å². The van der Waals surface area contributed by atoms with Gasteiger partial charge in [-0.05, 0) is 37.5 Å². The zero-order valence-corrected chi connectivity index (χ0v) is 73.0. The minimum Gasteiger partial charge on any atom is -0.462 e. The van der Waals surface area contributed by atoms with Crippen LogP contribution in [-0.2, 0) is 65.4 Å². The molecule has 0 aromatic heterocycles. The van der Waals surface area contributed by atoms with Crippen LogP contribution in [0.1, 0.15) is 478 Å². The number of carbonyl (C=O) groups is 4. The molecule has 0 saturated carbocycles. The maximum Gasteiger partial charge on any atom is 0.472 e. The molecule has 0 heterocycles. The van der Waals surface area contributed by atoms with Gasteiger partial charge in [-0.2, -0.15) is 0 Å². The van der Waals surface area contributed by atoms with E-state index in [1.807, 2.05) is 0 Å². The van der Waals surface area contributed by atoms with Crippen LogP contribution in [0.3, 0.4) is 0 Å². The van der Waals surface area contributed by atoms with Gasteiger partial charge in [-0.25, -0.2) is 9.13 Å². The Kier molecular flexibility index (Phi) is 78.8. The van der Waals surface area contributed by atoms with Crippen molar-refractivity contribution in [2.45, 2.75) is 496 Å². The maximum absolute atomic E-state index is 13.2. The number of esters is 4. The second kappa shape index (κ2) is 80.3. The summed E-state index contributed by atoms with van der Waals surface area (Å²) in [5.74, 6) is -0.491. The lowest BCUT2D eigenvalue weighted by Crippen LogP contribution is -2.30. The van der Waals surface area contributed by atoms with Gasteiger partial charge in [0.2, 0.25) is 0 Å². The summed E-state index contributed by atoms with van der Waals surface area (Å²) in [5, 5.41) is 10.7. The molecule has 0 aliphatic carbocycles. The molecule has 0 aliphatic heterocycles. The molecule has 0 spiro atoms. The van der Waals surface area contributed by atoms with Gasteiger partial charge in [0.15, 0.2) is 12.2 Å². The summed E-state index contributed by atoms with van der Waals surface area (Å²) in [7, 11) is -9.93. The number of rotatable bonds is 88. The lowest BCUT2D eigenvalue weighted by atomic mass is 10.0. The highest BCUT2D eigenvalue weighted by Gasteiger charge is 2.31. The van der Waals surface area contributed by atoms with Crippen LogP contribution in [-0.4, -0.2) is 96.7 Å². The van der Waals surface area contributed by atoms with Gasteiger partial charge >= 0.3 is 39.5 Å². The van der Waals surface area contributed by atoms with Crippen LogP contribution in [0.25, 0.3) is 0 Å². The van der Waals surface area contributed by atoms with E-state index in [-0.39, 0.29) is 25.7 Å². The summed E-state index contributed by atoms with van der Waals surface area (Å²) in [5.41, 5.74) is 0. The Morgan fingerprint density at radius 3 is 0.630 bits per heavy atom. The number of hydrogen-bond donors (Lipinski definition) is 3. The standard InChI is InChI=1S/C89H174O17P2/c1-7-9-11-13-15-17-19-21-22-23-24-25-29-36-42-48-54-60-66-72-87(92)100-78-85(105-88(93)73-67-61-55-49-43-37-30-27-26-28-34-39-45-51-57-63-69-81(3)4)80-104-108(97,98)102-76-83(90)75-101-107(95,96)103-79-84(77-99-86(91)71-65-59-53-47-41-33-20-18-16-14-12-10-8-2)106-89(94)74-68-62-56-50-44-38-32-31-35-40-46-52-58-64-70-82(5)6/h81-85,90H,7-80H2,1-6H3,(H,95,96)(H,97,98)/t83-,84+,85+/m0/s1. The molecular weight excluding hydrogens is 1400 g/mol. The van der Waals surface area contributed by atoms with Crippen molar-refractivity contribution >= 4 is 39.5 Å². The van der Waals surface area contributed by atoms with Crippen LogP contribution in [0.2, 0.25) is 0 Å². The zero-order valence-electron chi connectivity index (χ0n) is 71.2. The fourth-order valence-corrected chi connectivity index (χ4v) is 15.5. The van der Waals surface area contributed by atoms with Crippen molar-refractivity contribution < 1.29 is 80.2 Å². The van der Waals surface area contributed by atoms with Crippen molar-refractivity contribution in [2.24, 2.45) is 11.8 Å². The molecule has 0 aromatic rings. The van der Waals surface area contributed by atoms with Crippen LogP contribution in [0, 0.1) is 11.8 Å². The molecule has 0 saturated heterocycles. The maximum atomic E-state index is 13.2. The molecule has 0 bridgehead atoms. The fourth-order valence-electron chi connectivity index (χ4n) is 14.0. The van der Waals surface area contributed by atoms with E-state index in [9.17, 15) is 43.2 Å². The predicted molar refractivity (Wildman–Crippen MR) is 446 cm³/mol. The number of ether oxygens (including phenoxy) is 4. The van der Waals surface area contributed by atoms with Gasteiger partial charge in [0.05, 0.1) is 26.4 Å². The van der Waals surface area contributed by atoms with Gasteiger partial charge in [-0.1, -0.05) is 427 Å².